The van der Waals surface area contributed by atoms with Crippen LogP contribution >= 0.6 is 0 Å². The topological polar surface area (TPSA) is 107 Å². The lowest BCUT2D eigenvalue weighted by molar-refractivity contribution is 0.0696. The largest absolute Gasteiger partial charge is 0.478 e. The summed E-state index contributed by atoms with van der Waals surface area (Å²) < 4.78 is 0. The summed E-state index contributed by atoms with van der Waals surface area (Å²) in [5.74, 6) is -0.253. The highest BCUT2D eigenvalue weighted by atomic mass is 16.4. The summed E-state index contributed by atoms with van der Waals surface area (Å²) >= 11 is 0. The van der Waals surface area contributed by atoms with Gasteiger partial charge in [0.05, 0.1) is 17.7 Å². The number of carboxylic acid groups (broad SMARTS) is 2. The van der Waals surface area contributed by atoms with Crippen LogP contribution in [-0.4, -0.2) is 46.2 Å². The Kier molecular flexibility index (Phi) is 5.31. The number of amides is 2. The van der Waals surface area contributed by atoms with Gasteiger partial charge in [-0.2, -0.15) is 0 Å². The quantitative estimate of drug-likeness (QED) is 0.713. The second-order valence-corrected chi connectivity index (χ2v) is 4.06. The van der Waals surface area contributed by atoms with Gasteiger partial charge < -0.3 is 20.4 Å². The number of benzene rings is 1. The Labute approximate surface area is 121 Å². The van der Waals surface area contributed by atoms with Crippen LogP contribution in [0.1, 0.15) is 27.6 Å². The lowest BCUT2D eigenvalue weighted by Crippen LogP contribution is -2.35. The molecule has 7 heteroatoms. The van der Waals surface area contributed by atoms with Gasteiger partial charge in [0, 0.05) is 12.2 Å². The number of aromatic carboxylic acids is 2. The lowest BCUT2D eigenvalue weighted by Gasteiger charge is -2.19. The fourth-order valence-electron chi connectivity index (χ4n) is 1.59. The number of carbonyl (C=O) groups excluding carboxylic acids is 1. The van der Waals surface area contributed by atoms with Crippen LogP contribution in [-0.2, 0) is 0 Å². The van der Waals surface area contributed by atoms with E-state index in [2.05, 4.69) is 11.2 Å². The molecule has 0 fully saturated rings. The summed E-state index contributed by atoms with van der Waals surface area (Å²) in [6.07, 6.45) is 5.14. The lowest BCUT2D eigenvalue weighted by atomic mass is 10.1. The Bertz CT molecular complexity index is 586. The molecule has 110 valence electrons. The van der Waals surface area contributed by atoms with E-state index in [9.17, 15) is 14.4 Å². The van der Waals surface area contributed by atoms with Crippen molar-refractivity contribution in [1.82, 2.24) is 4.90 Å². The van der Waals surface area contributed by atoms with Gasteiger partial charge in [0.1, 0.15) is 0 Å². The Morgan fingerprint density at radius 2 is 1.71 bits per heavy atom. The average Bonchev–Trinajstić information content (AvgIpc) is 2.43. The van der Waals surface area contributed by atoms with Crippen LogP contribution < -0.4 is 5.32 Å². The highest BCUT2D eigenvalue weighted by Gasteiger charge is 2.15. The second-order valence-electron chi connectivity index (χ2n) is 4.06. The number of hydrogen-bond donors (Lipinski definition) is 3. The van der Waals surface area contributed by atoms with Crippen LogP contribution in [0, 0.1) is 12.3 Å². The fraction of sp³-hybridized carbons (Fsp3) is 0.214. The van der Waals surface area contributed by atoms with E-state index >= 15 is 0 Å². The van der Waals surface area contributed by atoms with Gasteiger partial charge in [-0.3, -0.25) is 0 Å². The van der Waals surface area contributed by atoms with Crippen molar-refractivity contribution >= 4 is 23.7 Å². The van der Waals surface area contributed by atoms with Crippen LogP contribution in [0.15, 0.2) is 18.2 Å². The minimum atomic E-state index is -1.29. The molecule has 7 nitrogen and oxygen atoms in total. The molecule has 1 aromatic rings. The molecule has 1 aromatic carbocycles. The number of urea groups is 1. The number of anilines is 1. The number of carbonyl (C=O) groups is 3. The molecule has 0 aliphatic rings. The van der Waals surface area contributed by atoms with Gasteiger partial charge in [0.15, 0.2) is 0 Å². The first-order valence-corrected chi connectivity index (χ1v) is 6.00. The summed E-state index contributed by atoms with van der Waals surface area (Å²) in [5.41, 5.74) is -0.386. The molecule has 0 saturated carbocycles. The molecule has 0 saturated heterocycles. The monoisotopic (exact) mass is 290 g/mol. The Morgan fingerprint density at radius 3 is 2.10 bits per heavy atom. The number of carboxylic acids is 2. The van der Waals surface area contributed by atoms with Gasteiger partial charge in [-0.15, -0.1) is 6.42 Å². The average molecular weight is 290 g/mol. The SMILES string of the molecule is C#CCN(CC)C(=O)Nc1cc(C(=O)O)cc(C(=O)O)c1. The molecule has 0 unspecified atom stereocenters. The predicted molar refractivity (Wildman–Crippen MR) is 75.5 cm³/mol. The van der Waals surface area contributed by atoms with Crippen molar-refractivity contribution in [2.45, 2.75) is 6.92 Å². The Balaban J connectivity index is 3.07. The zero-order valence-electron chi connectivity index (χ0n) is 11.3. The van der Waals surface area contributed by atoms with E-state index < -0.39 is 18.0 Å². The summed E-state index contributed by atoms with van der Waals surface area (Å²) in [4.78, 5) is 35.2. The normalized spacial score (nSPS) is 9.52. The first kappa shape index (κ1) is 16.0. The molecule has 0 spiro atoms. The van der Waals surface area contributed by atoms with Crippen LogP contribution in [0.4, 0.5) is 10.5 Å². The second kappa shape index (κ2) is 6.96. The first-order chi connectivity index (χ1) is 9.88. The van der Waals surface area contributed by atoms with Crippen molar-refractivity contribution in [3.05, 3.63) is 29.3 Å². The first-order valence-electron chi connectivity index (χ1n) is 6.00. The van der Waals surface area contributed by atoms with E-state index in [4.69, 9.17) is 16.6 Å². The number of nitrogens with one attached hydrogen (secondary N) is 1. The maximum absolute atomic E-state index is 11.9. The van der Waals surface area contributed by atoms with Gasteiger partial charge in [-0.25, -0.2) is 14.4 Å². The molecular formula is C14H14N2O5. The third-order valence-electron chi connectivity index (χ3n) is 2.63. The highest BCUT2D eigenvalue weighted by molar-refractivity contribution is 5.98. The minimum Gasteiger partial charge on any atom is -0.478 e. The molecule has 0 radical (unpaired) electrons. The van der Waals surface area contributed by atoms with E-state index in [1.165, 1.54) is 17.0 Å². The van der Waals surface area contributed by atoms with Crippen molar-refractivity contribution in [1.29, 1.82) is 0 Å². The molecule has 0 heterocycles. The fourth-order valence-corrected chi connectivity index (χ4v) is 1.59. The van der Waals surface area contributed by atoms with Crippen molar-refractivity contribution in [3.63, 3.8) is 0 Å². The maximum Gasteiger partial charge on any atom is 0.335 e. The molecule has 0 bridgehead atoms. The standard InChI is InChI=1S/C14H14N2O5/c1-3-5-16(4-2)14(21)15-11-7-9(12(17)18)6-10(8-11)13(19)20/h1,6-8H,4-5H2,2H3,(H,15,21)(H,17,18)(H,19,20). The highest BCUT2D eigenvalue weighted by Crippen LogP contribution is 2.16. The van der Waals surface area contributed by atoms with E-state index in [0.717, 1.165) is 6.07 Å². The summed E-state index contributed by atoms with van der Waals surface area (Å²) in [6, 6.07) is 2.83. The van der Waals surface area contributed by atoms with E-state index in [0.29, 0.717) is 6.54 Å². The van der Waals surface area contributed by atoms with Crippen molar-refractivity contribution < 1.29 is 24.6 Å². The van der Waals surface area contributed by atoms with Crippen LogP contribution in [0.2, 0.25) is 0 Å². The number of rotatable bonds is 5. The third-order valence-corrected chi connectivity index (χ3v) is 2.63. The zero-order chi connectivity index (χ0) is 16.0. The minimum absolute atomic E-state index is 0.0766. The van der Waals surface area contributed by atoms with Gasteiger partial charge in [0.25, 0.3) is 0 Å². The molecule has 2 amide bonds. The summed E-state index contributed by atoms with van der Waals surface area (Å²) in [6.45, 7) is 2.18. The molecule has 0 aliphatic carbocycles. The van der Waals surface area contributed by atoms with Crippen LogP contribution in [0.25, 0.3) is 0 Å². The third kappa shape index (κ3) is 4.24. The number of hydrogen-bond acceptors (Lipinski definition) is 3. The van der Waals surface area contributed by atoms with E-state index in [1.807, 2.05) is 0 Å². The molecular weight excluding hydrogens is 276 g/mol. The summed E-state index contributed by atoms with van der Waals surface area (Å²) in [5, 5.41) is 20.3. The molecule has 21 heavy (non-hydrogen) atoms. The predicted octanol–water partition coefficient (Wildman–Crippen LogP) is 1.57. The maximum atomic E-state index is 11.9. The molecule has 0 atom stereocenters. The van der Waals surface area contributed by atoms with Gasteiger partial charge >= 0.3 is 18.0 Å². The van der Waals surface area contributed by atoms with Gasteiger partial charge in [-0.05, 0) is 25.1 Å². The van der Waals surface area contributed by atoms with Crippen LogP contribution in [0.5, 0.6) is 0 Å². The number of nitrogens with zero attached hydrogens (tertiary/aromatic N) is 1. The molecule has 0 aromatic heterocycles. The van der Waals surface area contributed by atoms with Crippen molar-refractivity contribution in [2.24, 2.45) is 0 Å². The zero-order valence-corrected chi connectivity index (χ0v) is 11.3. The molecule has 0 aliphatic heterocycles. The molecule has 3 N–H and O–H groups in total. The summed E-state index contributed by atoms with van der Waals surface area (Å²) in [7, 11) is 0. The van der Waals surface area contributed by atoms with Crippen molar-refractivity contribution in [2.75, 3.05) is 18.4 Å². The van der Waals surface area contributed by atoms with Gasteiger partial charge in [-0.1, -0.05) is 5.92 Å². The Hall–Kier alpha value is -3.01. The molecule has 1 rings (SSSR count). The van der Waals surface area contributed by atoms with Crippen LogP contribution in [0.3, 0.4) is 0 Å². The van der Waals surface area contributed by atoms with Crippen molar-refractivity contribution in [3.8, 4) is 12.3 Å². The number of terminal acetylenes is 1. The van der Waals surface area contributed by atoms with E-state index in [-0.39, 0.29) is 23.4 Å². The van der Waals surface area contributed by atoms with E-state index in [1.54, 1.807) is 6.92 Å². The smallest absolute Gasteiger partial charge is 0.335 e. The Morgan fingerprint density at radius 1 is 1.19 bits per heavy atom. The van der Waals surface area contributed by atoms with Gasteiger partial charge in [0.2, 0.25) is 0 Å².